The fourth-order valence-corrected chi connectivity index (χ4v) is 5.66. The fraction of sp³-hybridized carbons (Fsp3) is 0.353. The number of thioether (sulfide) groups is 1. The van der Waals surface area contributed by atoms with Gasteiger partial charge in [-0.1, -0.05) is 23.9 Å². The number of hydrogen-bond donors (Lipinski definition) is 0. The average molecular weight is 424 g/mol. The standard InChI is InChI=1S/C17H17FN4O4S2/c18-13-3-1-2-4-14(13)28(25,26)21-7-5-20(6-8-21)15(23)12-11-19-17-22(16(12)24)9-10-27-17/h1-4,11H,5-10H2. The lowest BCUT2D eigenvalue weighted by Crippen LogP contribution is -2.51. The molecular weight excluding hydrogens is 407 g/mol. The van der Waals surface area contributed by atoms with Gasteiger partial charge in [0.1, 0.15) is 16.3 Å². The SMILES string of the molecule is O=C(c1cnc2n(c1=O)CCS2)N1CCN(S(=O)(=O)c2ccccc2F)CC1. The lowest BCUT2D eigenvalue weighted by Gasteiger charge is -2.33. The fourth-order valence-electron chi connectivity index (χ4n) is 3.26. The number of halogens is 1. The van der Waals surface area contributed by atoms with Crippen molar-refractivity contribution in [2.24, 2.45) is 0 Å². The largest absolute Gasteiger partial charge is 0.336 e. The molecule has 1 saturated heterocycles. The molecule has 0 unspecified atom stereocenters. The van der Waals surface area contributed by atoms with Crippen molar-refractivity contribution in [3.63, 3.8) is 0 Å². The van der Waals surface area contributed by atoms with E-state index in [1.54, 1.807) is 0 Å². The summed E-state index contributed by atoms with van der Waals surface area (Å²) < 4.78 is 41.8. The molecule has 28 heavy (non-hydrogen) atoms. The Labute approximate surface area is 165 Å². The molecular formula is C17H17FN4O4S2. The van der Waals surface area contributed by atoms with E-state index in [9.17, 15) is 22.4 Å². The van der Waals surface area contributed by atoms with Crippen LogP contribution in [0.15, 0.2) is 45.3 Å². The van der Waals surface area contributed by atoms with Gasteiger partial charge in [-0.2, -0.15) is 4.31 Å². The van der Waals surface area contributed by atoms with E-state index in [0.717, 1.165) is 16.1 Å². The Balaban J connectivity index is 1.50. The van der Waals surface area contributed by atoms with Crippen molar-refractivity contribution in [2.75, 3.05) is 31.9 Å². The first-order valence-corrected chi connectivity index (χ1v) is 11.1. The van der Waals surface area contributed by atoms with Crippen molar-refractivity contribution in [3.8, 4) is 0 Å². The van der Waals surface area contributed by atoms with Gasteiger partial charge in [0.2, 0.25) is 10.0 Å². The monoisotopic (exact) mass is 424 g/mol. The number of benzene rings is 1. The summed E-state index contributed by atoms with van der Waals surface area (Å²) in [7, 11) is -3.98. The minimum Gasteiger partial charge on any atom is -0.336 e. The normalized spacial score (nSPS) is 17.5. The summed E-state index contributed by atoms with van der Waals surface area (Å²) in [6.07, 6.45) is 1.29. The number of hydrogen-bond acceptors (Lipinski definition) is 6. The topological polar surface area (TPSA) is 92.6 Å². The Morgan fingerprint density at radius 1 is 1.11 bits per heavy atom. The summed E-state index contributed by atoms with van der Waals surface area (Å²) in [6.45, 7) is 0.794. The molecule has 0 aliphatic carbocycles. The minimum absolute atomic E-state index is 0.0170. The van der Waals surface area contributed by atoms with Gasteiger partial charge in [0.25, 0.3) is 11.5 Å². The highest BCUT2D eigenvalue weighted by molar-refractivity contribution is 7.99. The van der Waals surface area contributed by atoms with Gasteiger partial charge in [-0.15, -0.1) is 0 Å². The van der Waals surface area contributed by atoms with Gasteiger partial charge >= 0.3 is 0 Å². The highest BCUT2D eigenvalue weighted by atomic mass is 32.2. The third kappa shape index (κ3) is 3.23. The molecule has 2 aromatic rings. The number of rotatable bonds is 3. The first-order chi connectivity index (χ1) is 13.4. The quantitative estimate of drug-likeness (QED) is 0.672. The van der Waals surface area contributed by atoms with Crippen LogP contribution in [0.4, 0.5) is 4.39 Å². The van der Waals surface area contributed by atoms with Crippen molar-refractivity contribution in [2.45, 2.75) is 16.6 Å². The van der Waals surface area contributed by atoms with Crippen LogP contribution in [0.2, 0.25) is 0 Å². The van der Waals surface area contributed by atoms with E-state index in [1.165, 1.54) is 45.6 Å². The number of nitrogens with zero attached hydrogens (tertiary/aromatic N) is 4. The molecule has 148 valence electrons. The molecule has 3 heterocycles. The van der Waals surface area contributed by atoms with Gasteiger partial charge in [-0.05, 0) is 12.1 Å². The molecule has 0 spiro atoms. The second-order valence-electron chi connectivity index (χ2n) is 6.39. The molecule has 0 bridgehead atoms. The molecule has 2 aliphatic rings. The highest BCUT2D eigenvalue weighted by Gasteiger charge is 2.33. The van der Waals surface area contributed by atoms with Gasteiger partial charge in [-0.25, -0.2) is 17.8 Å². The van der Waals surface area contributed by atoms with Crippen LogP contribution in [0.25, 0.3) is 0 Å². The summed E-state index contributed by atoms with van der Waals surface area (Å²) in [5.74, 6) is -0.532. The number of piperazine rings is 1. The lowest BCUT2D eigenvalue weighted by molar-refractivity contribution is 0.0694. The van der Waals surface area contributed by atoms with E-state index in [1.807, 2.05) is 0 Å². The van der Waals surface area contributed by atoms with Crippen LogP contribution in [0.5, 0.6) is 0 Å². The average Bonchev–Trinajstić information content (AvgIpc) is 3.18. The molecule has 8 nitrogen and oxygen atoms in total. The summed E-state index contributed by atoms with van der Waals surface area (Å²) in [4.78, 5) is 30.5. The molecule has 1 fully saturated rings. The molecule has 0 radical (unpaired) electrons. The maximum Gasteiger partial charge on any atom is 0.267 e. The van der Waals surface area contributed by atoms with E-state index < -0.39 is 21.7 Å². The van der Waals surface area contributed by atoms with Crippen molar-refractivity contribution in [3.05, 3.63) is 52.2 Å². The first kappa shape index (κ1) is 19.1. The van der Waals surface area contributed by atoms with Gasteiger partial charge < -0.3 is 4.90 Å². The van der Waals surface area contributed by atoms with Crippen molar-refractivity contribution >= 4 is 27.7 Å². The highest BCUT2D eigenvalue weighted by Crippen LogP contribution is 2.22. The number of aromatic nitrogens is 2. The van der Waals surface area contributed by atoms with Gasteiger partial charge in [0.05, 0.1) is 0 Å². The Kier molecular flexibility index (Phi) is 4.98. The Hall–Kier alpha value is -2.24. The van der Waals surface area contributed by atoms with Crippen LogP contribution in [0.1, 0.15) is 10.4 Å². The van der Waals surface area contributed by atoms with Crippen LogP contribution >= 0.6 is 11.8 Å². The van der Waals surface area contributed by atoms with E-state index in [4.69, 9.17) is 0 Å². The molecule has 0 atom stereocenters. The first-order valence-electron chi connectivity index (χ1n) is 8.66. The van der Waals surface area contributed by atoms with Gasteiger partial charge in [0.15, 0.2) is 5.16 Å². The molecule has 0 N–H and O–H groups in total. The summed E-state index contributed by atoms with van der Waals surface area (Å²) >= 11 is 1.46. The maximum atomic E-state index is 13.9. The zero-order chi connectivity index (χ0) is 19.9. The second kappa shape index (κ2) is 7.30. The zero-order valence-corrected chi connectivity index (χ0v) is 16.4. The summed E-state index contributed by atoms with van der Waals surface area (Å²) in [6, 6.07) is 5.20. The third-order valence-electron chi connectivity index (χ3n) is 4.77. The van der Waals surface area contributed by atoms with Crippen LogP contribution in [-0.2, 0) is 16.6 Å². The predicted molar refractivity (Wildman–Crippen MR) is 100 cm³/mol. The molecule has 4 rings (SSSR count). The molecule has 1 aromatic carbocycles. The van der Waals surface area contributed by atoms with E-state index in [-0.39, 0.29) is 42.2 Å². The summed E-state index contributed by atoms with van der Waals surface area (Å²) in [5.41, 5.74) is -0.391. The smallest absolute Gasteiger partial charge is 0.267 e. The van der Waals surface area contributed by atoms with E-state index in [0.29, 0.717) is 11.7 Å². The number of carbonyl (C=O) groups excluding carboxylic acids is 1. The van der Waals surface area contributed by atoms with Crippen molar-refractivity contribution in [1.82, 2.24) is 18.8 Å². The Bertz CT molecular complexity index is 1090. The lowest BCUT2D eigenvalue weighted by atomic mass is 10.2. The molecule has 11 heteroatoms. The molecule has 0 saturated carbocycles. The third-order valence-corrected chi connectivity index (χ3v) is 7.67. The van der Waals surface area contributed by atoms with Crippen LogP contribution in [-0.4, -0.2) is 65.0 Å². The minimum atomic E-state index is -3.98. The number of sulfonamides is 1. The van der Waals surface area contributed by atoms with Crippen LogP contribution in [0.3, 0.4) is 0 Å². The molecule has 1 amide bonds. The molecule has 2 aliphatic heterocycles. The predicted octanol–water partition coefficient (Wildman–Crippen LogP) is 0.635. The number of fused-ring (bicyclic) bond motifs is 1. The summed E-state index contributed by atoms with van der Waals surface area (Å²) in [5, 5.41) is 0.599. The maximum absolute atomic E-state index is 13.9. The Morgan fingerprint density at radius 2 is 1.82 bits per heavy atom. The Morgan fingerprint density at radius 3 is 2.54 bits per heavy atom. The van der Waals surface area contributed by atoms with E-state index >= 15 is 0 Å². The van der Waals surface area contributed by atoms with Crippen molar-refractivity contribution in [1.29, 1.82) is 0 Å². The zero-order valence-electron chi connectivity index (χ0n) is 14.7. The van der Waals surface area contributed by atoms with Gasteiger partial charge in [0, 0.05) is 44.7 Å². The van der Waals surface area contributed by atoms with Gasteiger partial charge in [-0.3, -0.25) is 14.2 Å². The van der Waals surface area contributed by atoms with E-state index in [2.05, 4.69) is 4.98 Å². The van der Waals surface area contributed by atoms with Crippen LogP contribution < -0.4 is 5.56 Å². The second-order valence-corrected chi connectivity index (χ2v) is 9.35. The van der Waals surface area contributed by atoms with Crippen molar-refractivity contribution < 1.29 is 17.6 Å². The number of amides is 1. The van der Waals surface area contributed by atoms with Crippen LogP contribution in [0, 0.1) is 5.82 Å². The number of carbonyl (C=O) groups is 1. The molecule has 1 aromatic heterocycles.